The highest BCUT2D eigenvalue weighted by Crippen LogP contribution is 2.30. The van der Waals surface area contributed by atoms with Gasteiger partial charge in [-0.1, -0.05) is 42.5 Å². The molecule has 138 valence electrons. The minimum atomic E-state index is 0.0941. The molecule has 4 rings (SSSR count). The van der Waals surface area contributed by atoms with E-state index in [1.165, 1.54) is 12.8 Å². The third kappa shape index (κ3) is 4.56. The molecule has 0 radical (unpaired) electrons. The van der Waals surface area contributed by atoms with Crippen LogP contribution in [0.3, 0.4) is 0 Å². The van der Waals surface area contributed by atoms with E-state index in [1.807, 2.05) is 62.4 Å². The van der Waals surface area contributed by atoms with Crippen LogP contribution in [0.4, 0.5) is 17.5 Å². The molecule has 1 aliphatic rings. The smallest absolute Gasteiger partial charge is 0.229 e. The number of benzene rings is 2. The van der Waals surface area contributed by atoms with Gasteiger partial charge in [0.05, 0.1) is 17.5 Å². The van der Waals surface area contributed by atoms with Crippen LogP contribution in [0.15, 0.2) is 60.7 Å². The van der Waals surface area contributed by atoms with Gasteiger partial charge in [0.1, 0.15) is 11.6 Å². The van der Waals surface area contributed by atoms with E-state index in [-0.39, 0.29) is 6.10 Å². The molecule has 5 heteroatoms. The van der Waals surface area contributed by atoms with E-state index in [4.69, 9.17) is 9.72 Å². The molecule has 1 fully saturated rings. The van der Waals surface area contributed by atoms with Crippen molar-refractivity contribution < 1.29 is 4.74 Å². The van der Waals surface area contributed by atoms with Crippen molar-refractivity contribution >= 4 is 17.5 Å². The lowest BCUT2D eigenvalue weighted by atomic mass is 10.1. The predicted octanol–water partition coefficient (Wildman–Crippen LogP) is 5.25. The van der Waals surface area contributed by atoms with Crippen molar-refractivity contribution in [1.82, 2.24) is 9.97 Å². The number of hydrogen-bond acceptors (Lipinski definition) is 5. The molecular weight excluding hydrogens is 336 g/mol. The first-order valence-electron chi connectivity index (χ1n) is 9.41. The zero-order valence-electron chi connectivity index (χ0n) is 15.6. The minimum absolute atomic E-state index is 0.0941. The summed E-state index contributed by atoms with van der Waals surface area (Å²) < 4.78 is 5.90. The zero-order chi connectivity index (χ0) is 18.6. The Morgan fingerprint density at radius 2 is 1.70 bits per heavy atom. The largest absolute Gasteiger partial charge is 0.489 e. The average molecular weight is 360 g/mol. The van der Waals surface area contributed by atoms with Crippen molar-refractivity contribution in [3.05, 3.63) is 60.7 Å². The van der Waals surface area contributed by atoms with Crippen LogP contribution in [-0.2, 0) is 0 Å². The molecule has 0 aliphatic heterocycles. The number of para-hydroxylation sites is 2. The molecule has 0 amide bonds. The fraction of sp³-hybridized carbons (Fsp3) is 0.273. The maximum absolute atomic E-state index is 5.90. The summed E-state index contributed by atoms with van der Waals surface area (Å²) in [7, 11) is 0. The van der Waals surface area contributed by atoms with Crippen molar-refractivity contribution in [2.24, 2.45) is 0 Å². The molecule has 0 atom stereocenters. The Labute approximate surface area is 159 Å². The molecule has 1 aromatic heterocycles. The number of anilines is 3. The first kappa shape index (κ1) is 17.3. The second kappa shape index (κ2) is 7.66. The van der Waals surface area contributed by atoms with Gasteiger partial charge in [-0.15, -0.1) is 0 Å². The van der Waals surface area contributed by atoms with Gasteiger partial charge in [0.15, 0.2) is 0 Å². The Morgan fingerprint density at radius 3 is 2.44 bits per heavy atom. The number of nitrogens with one attached hydrogen (secondary N) is 2. The van der Waals surface area contributed by atoms with Gasteiger partial charge >= 0.3 is 0 Å². The molecular formula is C22H24N4O. The van der Waals surface area contributed by atoms with Gasteiger partial charge in [0, 0.05) is 17.7 Å². The predicted molar refractivity (Wildman–Crippen MR) is 110 cm³/mol. The van der Waals surface area contributed by atoms with Crippen molar-refractivity contribution in [1.29, 1.82) is 0 Å². The van der Waals surface area contributed by atoms with E-state index in [0.717, 1.165) is 28.5 Å². The number of ether oxygens (including phenoxy) is 1. The van der Waals surface area contributed by atoms with Gasteiger partial charge in [-0.05, 0) is 38.8 Å². The molecule has 0 unspecified atom stereocenters. The monoisotopic (exact) mass is 360 g/mol. The summed E-state index contributed by atoms with van der Waals surface area (Å²) >= 11 is 0. The van der Waals surface area contributed by atoms with Gasteiger partial charge in [-0.2, -0.15) is 4.98 Å². The highest BCUT2D eigenvalue weighted by Gasteiger charge is 2.22. The van der Waals surface area contributed by atoms with E-state index in [9.17, 15) is 0 Å². The second-order valence-corrected chi connectivity index (χ2v) is 7.03. The first-order chi connectivity index (χ1) is 13.2. The first-order valence-corrected chi connectivity index (χ1v) is 9.41. The third-order valence-corrected chi connectivity index (χ3v) is 4.22. The van der Waals surface area contributed by atoms with Crippen LogP contribution in [0.5, 0.6) is 5.75 Å². The molecule has 0 bridgehead atoms. The normalized spacial score (nSPS) is 13.4. The van der Waals surface area contributed by atoms with Gasteiger partial charge in [-0.3, -0.25) is 0 Å². The molecule has 3 aromatic rings. The summed E-state index contributed by atoms with van der Waals surface area (Å²) in [6.45, 7) is 4.03. The van der Waals surface area contributed by atoms with Crippen LogP contribution in [0, 0.1) is 0 Å². The topological polar surface area (TPSA) is 59.1 Å². The molecule has 1 saturated carbocycles. The van der Waals surface area contributed by atoms with Gasteiger partial charge in [-0.25, -0.2) is 4.98 Å². The van der Waals surface area contributed by atoms with Crippen LogP contribution < -0.4 is 15.4 Å². The van der Waals surface area contributed by atoms with Crippen LogP contribution in [0.25, 0.3) is 11.3 Å². The molecule has 2 aromatic carbocycles. The molecule has 1 aliphatic carbocycles. The molecule has 0 saturated heterocycles. The van der Waals surface area contributed by atoms with Crippen LogP contribution >= 0.6 is 0 Å². The molecule has 0 spiro atoms. The SMILES string of the molecule is CC(C)Oc1ccccc1Nc1nc(NC2CC2)cc(-c2ccccc2)n1. The van der Waals surface area contributed by atoms with Crippen LogP contribution in [-0.4, -0.2) is 22.1 Å². The highest BCUT2D eigenvalue weighted by atomic mass is 16.5. The van der Waals surface area contributed by atoms with Crippen molar-refractivity contribution in [3.8, 4) is 17.0 Å². The van der Waals surface area contributed by atoms with Crippen molar-refractivity contribution in [3.63, 3.8) is 0 Å². The molecule has 5 nitrogen and oxygen atoms in total. The Bertz CT molecular complexity index is 907. The van der Waals surface area contributed by atoms with E-state index >= 15 is 0 Å². The minimum Gasteiger partial charge on any atom is -0.489 e. The zero-order valence-corrected chi connectivity index (χ0v) is 15.6. The van der Waals surface area contributed by atoms with E-state index in [0.29, 0.717) is 12.0 Å². The Kier molecular flexibility index (Phi) is 4.92. The third-order valence-electron chi connectivity index (χ3n) is 4.22. The summed E-state index contributed by atoms with van der Waals surface area (Å²) in [6, 6.07) is 20.6. The quantitative estimate of drug-likeness (QED) is 0.603. The number of nitrogens with zero attached hydrogens (tertiary/aromatic N) is 2. The average Bonchev–Trinajstić information content (AvgIpc) is 3.47. The Morgan fingerprint density at radius 1 is 0.963 bits per heavy atom. The number of aromatic nitrogens is 2. The number of rotatable bonds is 7. The highest BCUT2D eigenvalue weighted by molar-refractivity contribution is 5.68. The molecule has 2 N–H and O–H groups in total. The fourth-order valence-corrected chi connectivity index (χ4v) is 2.82. The van der Waals surface area contributed by atoms with E-state index in [1.54, 1.807) is 0 Å². The Hall–Kier alpha value is -3.08. The molecule has 1 heterocycles. The standard InChI is InChI=1S/C22H24N4O/c1-15(2)27-20-11-7-6-10-18(20)24-22-25-19(16-8-4-3-5-9-16)14-21(26-22)23-17-12-13-17/h3-11,14-15,17H,12-13H2,1-2H3,(H2,23,24,25,26). The lowest BCUT2D eigenvalue weighted by Crippen LogP contribution is -2.09. The lowest BCUT2D eigenvalue weighted by Gasteiger charge is -2.16. The molecule has 27 heavy (non-hydrogen) atoms. The van der Waals surface area contributed by atoms with Crippen LogP contribution in [0.2, 0.25) is 0 Å². The van der Waals surface area contributed by atoms with Gasteiger partial charge < -0.3 is 15.4 Å². The fourth-order valence-electron chi connectivity index (χ4n) is 2.82. The maximum Gasteiger partial charge on any atom is 0.229 e. The second-order valence-electron chi connectivity index (χ2n) is 7.03. The lowest BCUT2D eigenvalue weighted by molar-refractivity contribution is 0.244. The maximum atomic E-state index is 5.90. The van der Waals surface area contributed by atoms with Gasteiger partial charge in [0.25, 0.3) is 0 Å². The summed E-state index contributed by atoms with van der Waals surface area (Å²) in [5, 5.41) is 6.81. The van der Waals surface area contributed by atoms with Crippen LogP contribution in [0.1, 0.15) is 26.7 Å². The van der Waals surface area contributed by atoms with Gasteiger partial charge in [0.2, 0.25) is 5.95 Å². The Balaban J connectivity index is 1.67. The summed E-state index contributed by atoms with van der Waals surface area (Å²) in [5.41, 5.74) is 2.81. The number of hydrogen-bond donors (Lipinski definition) is 2. The van der Waals surface area contributed by atoms with Crippen molar-refractivity contribution in [2.45, 2.75) is 38.8 Å². The summed E-state index contributed by atoms with van der Waals surface area (Å²) in [6.07, 6.45) is 2.48. The summed E-state index contributed by atoms with van der Waals surface area (Å²) in [4.78, 5) is 9.39. The summed E-state index contributed by atoms with van der Waals surface area (Å²) in [5.74, 6) is 2.19. The van der Waals surface area contributed by atoms with Crippen molar-refractivity contribution in [2.75, 3.05) is 10.6 Å². The van der Waals surface area contributed by atoms with E-state index < -0.39 is 0 Å². The van der Waals surface area contributed by atoms with E-state index in [2.05, 4.69) is 27.8 Å².